The molecule has 0 spiro atoms. The molecule has 0 heterocycles. The van der Waals surface area contributed by atoms with Crippen molar-refractivity contribution in [3.63, 3.8) is 0 Å². The molecule has 4 heteroatoms. The maximum absolute atomic E-state index is 11.3. The number of nitrogens with zero attached hydrogens (tertiary/aromatic N) is 1. The number of rotatable bonds is 5. The van der Waals surface area contributed by atoms with Crippen molar-refractivity contribution in [3.8, 4) is 0 Å². The first-order valence-corrected chi connectivity index (χ1v) is 10.1. The van der Waals surface area contributed by atoms with Crippen LogP contribution in [0.15, 0.2) is 36.0 Å². The van der Waals surface area contributed by atoms with E-state index in [2.05, 4.69) is 25.7 Å². The summed E-state index contributed by atoms with van der Waals surface area (Å²) in [6.07, 6.45) is 10.5. The molecule has 1 rings (SSSR count). The molecule has 0 fully saturated rings. The van der Waals surface area contributed by atoms with E-state index < -0.39 is 13.6 Å². The van der Waals surface area contributed by atoms with Crippen molar-refractivity contribution in [3.05, 3.63) is 46.1 Å². The van der Waals surface area contributed by atoms with E-state index in [9.17, 15) is 10.1 Å². The first-order chi connectivity index (χ1) is 8.25. The van der Waals surface area contributed by atoms with Crippen LogP contribution in [0.5, 0.6) is 0 Å². The topological polar surface area (TPSA) is 43.1 Å². The second-order valence-electron chi connectivity index (χ2n) is 6.34. The number of nitro groups is 1. The summed E-state index contributed by atoms with van der Waals surface area (Å²) in [5.41, 5.74) is 0.212. The van der Waals surface area contributed by atoms with Crippen molar-refractivity contribution in [2.24, 2.45) is 0 Å². The van der Waals surface area contributed by atoms with Gasteiger partial charge in [0.2, 0.25) is 5.54 Å². The average Bonchev–Trinajstić information content (AvgIpc) is 2.26. The molecule has 0 aromatic heterocycles. The van der Waals surface area contributed by atoms with E-state index in [1.54, 1.807) is 12.2 Å². The van der Waals surface area contributed by atoms with Crippen molar-refractivity contribution in [1.82, 2.24) is 0 Å². The largest absolute Gasteiger partial charge is 0.264 e. The summed E-state index contributed by atoms with van der Waals surface area (Å²) in [5.74, 6) is 0. The van der Waals surface area contributed by atoms with Crippen molar-refractivity contribution in [1.29, 1.82) is 0 Å². The molecule has 0 aromatic carbocycles. The summed E-state index contributed by atoms with van der Waals surface area (Å²) in [5, 5.41) is 11.3. The lowest BCUT2D eigenvalue weighted by Gasteiger charge is -2.23. The third-order valence-corrected chi connectivity index (χ3v) is 4.57. The van der Waals surface area contributed by atoms with Crippen molar-refractivity contribution in [2.45, 2.75) is 51.0 Å². The standard InChI is InChI=1S/C14H23NO2Si/c1-13(8-11-18(2,3)4)12-14(15(16)17)9-6-5-7-10-14/h5-9H,10-12H2,1-4H3. The van der Waals surface area contributed by atoms with Gasteiger partial charge in [-0.05, 0) is 19.0 Å². The molecule has 1 atom stereocenters. The molecule has 1 aliphatic rings. The number of hydrogen-bond acceptors (Lipinski definition) is 2. The minimum absolute atomic E-state index is 0.140. The number of hydrogen-bond donors (Lipinski definition) is 0. The van der Waals surface area contributed by atoms with Gasteiger partial charge >= 0.3 is 0 Å². The Kier molecular flexibility index (Phi) is 4.68. The maximum Gasteiger partial charge on any atom is 0.247 e. The lowest BCUT2D eigenvalue weighted by Crippen LogP contribution is -2.36. The molecule has 0 amide bonds. The van der Waals surface area contributed by atoms with E-state index in [4.69, 9.17) is 0 Å². The van der Waals surface area contributed by atoms with Crippen LogP contribution in [-0.2, 0) is 0 Å². The quantitative estimate of drug-likeness (QED) is 0.324. The van der Waals surface area contributed by atoms with Crippen LogP contribution in [0.3, 0.4) is 0 Å². The third-order valence-electron chi connectivity index (χ3n) is 3.14. The van der Waals surface area contributed by atoms with E-state index in [1.807, 2.05) is 19.1 Å². The third kappa shape index (κ3) is 4.26. The highest BCUT2D eigenvalue weighted by atomic mass is 28.3. The van der Waals surface area contributed by atoms with Gasteiger partial charge in [-0.25, -0.2) is 0 Å². The fourth-order valence-corrected chi connectivity index (χ4v) is 2.98. The van der Waals surface area contributed by atoms with E-state index in [-0.39, 0.29) is 4.92 Å². The average molecular weight is 265 g/mol. The Bertz CT molecular complexity index is 405. The zero-order chi connectivity index (χ0) is 13.8. The Morgan fingerprint density at radius 2 is 2.11 bits per heavy atom. The van der Waals surface area contributed by atoms with E-state index in [0.29, 0.717) is 12.8 Å². The molecule has 1 unspecified atom stereocenters. The van der Waals surface area contributed by atoms with Crippen LogP contribution in [0, 0.1) is 10.1 Å². The Balaban J connectivity index is 2.77. The second kappa shape index (κ2) is 5.65. The number of allylic oxidation sites excluding steroid dienone is 3. The van der Waals surface area contributed by atoms with Crippen molar-refractivity contribution in [2.75, 3.05) is 0 Å². The summed E-state index contributed by atoms with van der Waals surface area (Å²) >= 11 is 0. The Morgan fingerprint density at radius 3 is 2.56 bits per heavy atom. The summed E-state index contributed by atoms with van der Waals surface area (Å²) < 4.78 is 0. The summed E-state index contributed by atoms with van der Waals surface area (Å²) in [4.78, 5) is 11.2. The molecule has 0 N–H and O–H groups in total. The monoisotopic (exact) mass is 265 g/mol. The maximum atomic E-state index is 11.3. The van der Waals surface area contributed by atoms with Crippen LogP contribution in [0.25, 0.3) is 0 Å². The summed E-state index contributed by atoms with van der Waals surface area (Å²) in [7, 11) is -1.12. The zero-order valence-corrected chi connectivity index (χ0v) is 12.8. The molecule has 0 radical (unpaired) electrons. The molecule has 1 aliphatic carbocycles. The van der Waals surface area contributed by atoms with E-state index >= 15 is 0 Å². The molecule has 0 aromatic rings. The van der Waals surface area contributed by atoms with Crippen molar-refractivity contribution >= 4 is 8.07 Å². The molecule has 0 aliphatic heterocycles. The lowest BCUT2D eigenvalue weighted by molar-refractivity contribution is -0.554. The molecule has 0 saturated heterocycles. The van der Waals surface area contributed by atoms with Crippen LogP contribution in [-0.4, -0.2) is 18.5 Å². The van der Waals surface area contributed by atoms with Gasteiger partial charge in [0.15, 0.2) is 0 Å². The van der Waals surface area contributed by atoms with Gasteiger partial charge in [-0.15, -0.1) is 0 Å². The Morgan fingerprint density at radius 1 is 1.44 bits per heavy atom. The van der Waals surface area contributed by atoms with Crippen LogP contribution >= 0.6 is 0 Å². The molecule has 0 bridgehead atoms. The first kappa shape index (κ1) is 14.9. The normalized spacial score (nSPS) is 24.3. The summed E-state index contributed by atoms with van der Waals surface area (Å²) in [6, 6.07) is 1.09. The molecule has 18 heavy (non-hydrogen) atoms. The van der Waals surface area contributed by atoms with Gasteiger partial charge in [0.25, 0.3) is 0 Å². The predicted molar refractivity (Wildman–Crippen MR) is 79.1 cm³/mol. The SMILES string of the molecule is CC(=CC[Si](C)(C)C)CC1([N+](=O)[O-])C=CC=CC1. The highest BCUT2D eigenvalue weighted by molar-refractivity contribution is 6.76. The fraction of sp³-hybridized carbons (Fsp3) is 0.571. The first-order valence-electron chi connectivity index (χ1n) is 6.40. The van der Waals surface area contributed by atoms with Gasteiger partial charge in [0.05, 0.1) is 0 Å². The highest BCUT2D eigenvalue weighted by Crippen LogP contribution is 2.29. The van der Waals surface area contributed by atoms with E-state index in [1.165, 1.54) is 0 Å². The smallest absolute Gasteiger partial charge is 0.247 e. The second-order valence-corrected chi connectivity index (χ2v) is 11.9. The van der Waals surface area contributed by atoms with Crippen LogP contribution < -0.4 is 0 Å². The van der Waals surface area contributed by atoms with Gasteiger partial charge in [-0.2, -0.15) is 0 Å². The Hall–Kier alpha value is -1.16. The zero-order valence-electron chi connectivity index (χ0n) is 11.8. The van der Waals surface area contributed by atoms with E-state index in [0.717, 1.165) is 11.6 Å². The van der Waals surface area contributed by atoms with Gasteiger partial charge < -0.3 is 0 Å². The minimum Gasteiger partial charge on any atom is -0.264 e. The molecule has 3 nitrogen and oxygen atoms in total. The molecule has 100 valence electrons. The van der Waals surface area contributed by atoms with Gasteiger partial charge in [-0.1, -0.05) is 49.5 Å². The highest BCUT2D eigenvalue weighted by Gasteiger charge is 2.39. The lowest BCUT2D eigenvalue weighted by atomic mass is 9.85. The van der Waals surface area contributed by atoms with Gasteiger partial charge in [0, 0.05) is 25.8 Å². The van der Waals surface area contributed by atoms with Gasteiger partial charge in [0.1, 0.15) is 0 Å². The molecular weight excluding hydrogens is 242 g/mol. The van der Waals surface area contributed by atoms with Crippen LogP contribution in [0.2, 0.25) is 25.7 Å². The Labute approximate surface area is 110 Å². The predicted octanol–water partition coefficient (Wildman–Crippen LogP) is 4.19. The molecule has 0 saturated carbocycles. The van der Waals surface area contributed by atoms with Crippen LogP contribution in [0.4, 0.5) is 0 Å². The summed E-state index contributed by atoms with van der Waals surface area (Å²) in [6.45, 7) is 8.94. The molecular formula is C14H23NO2Si. The van der Waals surface area contributed by atoms with Gasteiger partial charge in [-0.3, -0.25) is 10.1 Å². The van der Waals surface area contributed by atoms with Crippen molar-refractivity contribution < 1.29 is 4.92 Å². The van der Waals surface area contributed by atoms with Crippen LogP contribution in [0.1, 0.15) is 19.8 Å². The fourth-order valence-electron chi connectivity index (χ4n) is 2.02. The minimum atomic E-state index is -1.12.